The first-order valence-corrected chi connectivity index (χ1v) is 23.7. The lowest BCUT2D eigenvalue weighted by atomic mass is 9.99. The molecule has 0 fully saturated rings. The number of hydrogen-bond acceptors (Lipinski definition) is 13. The third-order valence-electron chi connectivity index (χ3n) is 11.6. The summed E-state index contributed by atoms with van der Waals surface area (Å²) in [5.74, 6) is -7.10. The fraction of sp³-hybridized carbons (Fsp3) is 0.667. The van der Waals surface area contributed by atoms with Crippen LogP contribution in [0.4, 0.5) is 0 Å². The molecule has 0 spiro atoms. The molecule has 0 saturated carbocycles. The van der Waals surface area contributed by atoms with Gasteiger partial charge in [-0.1, -0.05) is 105 Å². The summed E-state index contributed by atoms with van der Waals surface area (Å²) in [4.78, 5) is 108. The highest BCUT2D eigenvalue weighted by molar-refractivity contribution is 5.95. The summed E-state index contributed by atoms with van der Waals surface area (Å²) in [7, 11) is 1.42. The van der Waals surface area contributed by atoms with E-state index in [2.05, 4.69) is 38.8 Å². The van der Waals surface area contributed by atoms with Crippen LogP contribution in [0.5, 0.6) is 5.75 Å². The van der Waals surface area contributed by atoms with Gasteiger partial charge in [0.15, 0.2) is 0 Å². The number of phenolic OH excluding ortho intramolecular Hbond substituents is 1. The summed E-state index contributed by atoms with van der Waals surface area (Å²) < 4.78 is 5.63. The number of amides is 7. The molecule has 10 N–H and O–H groups in total. The van der Waals surface area contributed by atoms with Gasteiger partial charge in [-0.25, -0.2) is 4.79 Å². The van der Waals surface area contributed by atoms with Crippen LogP contribution in [0.1, 0.15) is 112 Å². The van der Waals surface area contributed by atoms with E-state index in [9.17, 15) is 58.8 Å². The highest BCUT2D eigenvalue weighted by Crippen LogP contribution is 2.18. The van der Waals surface area contributed by atoms with Gasteiger partial charge in [-0.3, -0.25) is 33.6 Å². The van der Waals surface area contributed by atoms with Crippen LogP contribution < -0.4 is 31.9 Å². The molecule has 0 saturated heterocycles. The van der Waals surface area contributed by atoms with Crippen LogP contribution in [-0.2, 0) is 49.5 Å². The number of aromatic hydroxyl groups is 1. The number of hydrogen-bond donors (Lipinski definition) is 10. The second-order valence-corrected chi connectivity index (χ2v) is 18.4. The zero-order chi connectivity index (χ0) is 51.1. The number of aliphatic hydroxyl groups is 3. The molecule has 382 valence electrons. The van der Waals surface area contributed by atoms with E-state index in [1.807, 2.05) is 0 Å². The Morgan fingerprint density at radius 3 is 1.96 bits per heavy atom. The number of benzene rings is 1. The lowest BCUT2D eigenvalue weighted by Gasteiger charge is -2.32. The summed E-state index contributed by atoms with van der Waals surface area (Å²) in [6, 6.07) is -2.45. The number of likely N-dealkylation sites (N-methyl/N-ethyl adjacent to an activating group) is 1. The van der Waals surface area contributed by atoms with Gasteiger partial charge < -0.3 is 62.0 Å². The van der Waals surface area contributed by atoms with E-state index in [-0.39, 0.29) is 24.5 Å². The minimum absolute atomic E-state index is 0.00138. The molecule has 1 aliphatic heterocycles. The normalized spacial score (nSPS) is 19.1. The molecule has 1 heterocycles. The zero-order valence-corrected chi connectivity index (χ0v) is 40.9. The molecule has 2 rings (SSSR count). The van der Waals surface area contributed by atoms with E-state index >= 15 is 0 Å². The molecule has 20 heteroatoms. The number of carbonyl (C=O) groups is 8. The van der Waals surface area contributed by atoms with Crippen molar-refractivity contribution in [2.24, 2.45) is 17.8 Å². The molecule has 1 aromatic carbocycles. The Morgan fingerprint density at radius 1 is 0.779 bits per heavy atom. The zero-order valence-electron chi connectivity index (χ0n) is 40.9. The number of rotatable bonds is 26. The maximum Gasteiger partial charge on any atom is 0.329 e. The predicted molar refractivity (Wildman–Crippen MR) is 252 cm³/mol. The Bertz CT molecular complexity index is 1840. The second-order valence-electron chi connectivity index (χ2n) is 18.4. The van der Waals surface area contributed by atoms with Gasteiger partial charge in [-0.2, -0.15) is 0 Å². The molecule has 8 atom stereocenters. The first-order chi connectivity index (χ1) is 32.1. The summed E-state index contributed by atoms with van der Waals surface area (Å²) in [5, 5.41) is 56.2. The SMILES string of the molecule is CCCCCCCCCC(=O)NC(CO)C(=O)NC(C(=O)NC(CO)C(O)CC(=O)NC(C(=O)NC1C=CC(=O)NC(C(C)C)C(=O)N(C)C(Cc2ccc(O)cc2)C(=O)OC1)C(C)C)C(C)C. The topological polar surface area (TPSA) is 302 Å². The number of esters is 1. The smallest absolute Gasteiger partial charge is 0.329 e. The number of aliphatic hydroxyl groups excluding tert-OH is 3. The van der Waals surface area contributed by atoms with Gasteiger partial charge in [0, 0.05) is 26.0 Å². The standard InChI is InChI=1S/C48H77N7O13/c1-9-10-11-12-13-14-15-16-38(60)50-35(26-57)44(63)54-42(29(4)5)46(65)51-34(25-56)37(59)24-40(62)53-41(28(2)3)45(64)49-32-19-22-39(61)52-43(30(6)7)47(66)55(8)36(48(67)68-27-32)23-31-17-20-33(58)21-18-31/h17-22,28-30,32,34-37,41-43,56-59H,9-16,23-27H2,1-8H3,(H,49,64)(H,50,60)(H,51,65)(H,52,61)(H,53,62)(H,54,63). The lowest BCUT2D eigenvalue weighted by molar-refractivity contribution is -0.156. The van der Waals surface area contributed by atoms with Crippen LogP contribution >= 0.6 is 0 Å². The van der Waals surface area contributed by atoms with Gasteiger partial charge in [0.05, 0.1) is 37.8 Å². The van der Waals surface area contributed by atoms with Gasteiger partial charge in [0.1, 0.15) is 42.6 Å². The number of nitrogens with zero attached hydrogens (tertiary/aromatic N) is 1. The molecule has 7 amide bonds. The van der Waals surface area contributed by atoms with E-state index in [1.165, 1.54) is 30.2 Å². The average molecular weight is 960 g/mol. The fourth-order valence-corrected chi connectivity index (χ4v) is 7.34. The van der Waals surface area contributed by atoms with Crippen molar-refractivity contribution in [3.05, 3.63) is 42.0 Å². The number of cyclic esters (lactones) is 1. The monoisotopic (exact) mass is 960 g/mol. The second kappa shape index (κ2) is 30.0. The first kappa shape index (κ1) is 58.5. The van der Waals surface area contributed by atoms with Crippen LogP contribution in [-0.4, -0.2) is 148 Å². The van der Waals surface area contributed by atoms with Crippen LogP contribution in [0.3, 0.4) is 0 Å². The summed E-state index contributed by atoms with van der Waals surface area (Å²) >= 11 is 0. The lowest BCUT2D eigenvalue weighted by Crippen LogP contribution is -2.59. The van der Waals surface area contributed by atoms with Gasteiger partial charge in [0.25, 0.3) is 0 Å². The van der Waals surface area contributed by atoms with E-state index < -0.39 is 134 Å². The molecule has 0 bridgehead atoms. The Balaban J connectivity index is 2.13. The Hall–Kier alpha value is -5.60. The van der Waals surface area contributed by atoms with Crippen LogP contribution in [0.25, 0.3) is 0 Å². The Morgan fingerprint density at radius 2 is 1.38 bits per heavy atom. The largest absolute Gasteiger partial charge is 0.508 e. The van der Waals surface area contributed by atoms with Crippen molar-refractivity contribution in [1.82, 2.24) is 36.8 Å². The van der Waals surface area contributed by atoms with Crippen molar-refractivity contribution in [2.45, 2.75) is 161 Å². The fourth-order valence-electron chi connectivity index (χ4n) is 7.34. The maximum absolute atomic E-state index is 13.8. The predicted octanol–water partition coefficient (Wildman–Crippen LogP) is 0.628. The summed E-state index contributed by atoms with van der Waals surface area (Å²) in [6.07, 6.45) is 7.15. The number of ether oxygens (including phenoxy) is 1. The van der Waals surface area contributed by atoms with E-state index in [4.69, 9.17) is 4.74 Å². The van der Waals surface area contributed by atoms with Crippen LogP contribution in [0.2, 0.25) is 0 Å². The highest BCUT2D eigenvalue weighted by Gasteiger charge is 2.37. The van der Waals surface area contributed by atoms with Gasteiger partial charge in [-0.05, 0) is 41.9 Å². The first-order valence-electron chi connectivity index (χ1n) is 23.7. The molecule has 1 aromatic rings. The number of nitrogens with one attached hydrogen (secondary N) is 6. The third kappa shape index (κ3) is 19.9. The summed E-state index contributed by atoms with van der Waals surface area (Å²) in [6.45, 7) is 10.1. The van der Waals surface area contributed by atoms with Crippen molar-refractivity contribution in [2.75, 3.05) is 26.9 Å². The molecule has 20 nitrogen and oxygen atoms in total. The van der Waals surface area contributed by atoms with Gasteiger partial charge >= 0.3 is 5.97 Å². The molecule has 0 radical (unpaired) electrons. The molecule has 0 aromatic heterocycles. The van der Waals surface area contributed by atoms with Crippen molar-refractivity contribution in [3.63, 3.8) is 0 Å². The van der Waals surface area contributed by atoms with Crippen LogP contribution in [0.15, 0.2) is 36.4 Å². The van der Waals surface area contributed by atoms with Gasteiger partial charge in [0.2, 0.25) is 41.4 Å². The van der Waals surface area contributed by atoms with Gasteiger partial charge in [-0.15, -0.1) is 0 Å². The Kier molecular flexibility index (Phi) is 25.8. The van der Waals surface area contributed by atoms with Crippen molar-refractivity contribution >= 4 is 47.3 Å². The highest BCUT2D eigenvalue weighted by atomic mass is 16.5. The molecule has 8 unspecified atom stereocenters. The summed E-state index contributed by atoms with van der Waals surface area (Å²) in [5.41, 5.74) is 0.604. The van der Waals surface area contributed by atoms with Crippen LogP contribution in [0, 0.1) is 17.8 Å². The van der Waals surface area contributed by atoms with Crippen molar-refractivity contribution in [3.8, 4) is 5.75 Å². The quantitative estimate of drug-likeness (QED) is 0.0451. The molecule has 1 aliphatic rings. The molecule has 0 aliphatic carbocycles. The molecule has 68 heavy (non-hydrogen) atoms. The number of unbranched alkanes of at least 4 members (excludes halogenated alkanes) is 6. The van der Waals surface area contributed by atoms with E-state index in [0.29, 0.717) is 12.0 Å². The van der Waals surface area contributed by atoms with E-state index in [1.54, 1.807) is 53.7 Å². The Labute approximate surface area is 400 Å². The molecular weight excluding hydrogens is 883 g/mol. The number of phenols is 1. The number of carbonyl (C=O) groups excluding carboxylic acids is 8. The van der Waals surface area contributed by atoms with Crippen molar-refractivity contribution in [1.29, 1.82) is 0 Å². The average Bonchev–Trinajstić information content (AvgIpc) is 3.28. The van der Waals surface area contributed by atoms with Crippen molar-refractivity contribution < 1.29 is 63.5 Å². The van der Waals surface area contributed by atoms with E-state index in [0.717, 1.165) is 44.6 Å². The third-order valence-corrected chi connectivity index (χ3v) is 11.6. The molecular formula is C48H77N7O13. The minimum Gasteiger partial charge on any atom is -0.508 e. The minimum atomic E-state index is -1.68. The maximum atomic E-state index is 13.8.